The van der Waals surface area contributed by atoms with Gasteiger partial charge in [-0.2, -0.15) is 15.2 Å². The largest absolute Gasteiger partial charge is 0.323 e. The molecule has 182 valence electrons. The first kappa shape index (κ1) is 23.5. The maximum absolute atomic E-state index is 12.0. The van der Waals surface area contributed by atoms with Gasteiger partial charge in [0.25, 0.3) is 0 Å². The van der Waals surface area contributed by atoms with Crippen molar-refractivity contribution in [2.45, 2.75) is 30.6 Å². The highest BCUT2D eigenvalue weighted by atomic mass is 79.9. The molecule has 35 heavy (non-hydrogen) atoms. The van der Waals surface area contributed by atoms with Gasteiger partial charge in [-0.05, 0) is 59.8 Å². The van der Waals surface area contributed by atoms with Crippen molar-refractivity contribution in [2.75, 3.05) is 23.5 Å². The quantitative estimate of drug-likeness (QED) is 0.342. The molecule has 1 saturated carbocycles. The van der Waals surface area contributed by atoms with E-state index in [-0.39, 0.29) is 4.90 Å². The van der Waals surface area contributed by atoms with Crippen molar-refractivity contribution in [3.63, 3.8) is 0 Å². The number of aryl methyl sites for hydroxylation is 2. The van der Waals surface area contributed by atoms with Crippen LogP contribution in [-0.4, -0.2) is 51.7 Å². The van der Waals surface area contributed by atoms with Crippen molar-refractivity contribution in [1.29, 1.82) is 0 Å². The number of nitrogens with zero attached hydrogens (tertiary/aromatic N) is 6. The number of aromatic amines is 1. The summed E-state index contributed by atoms with van der Waals surface area (Å²) in [6, 6.07) is 6.84. The minimum absolute atomic E-state index is 0.235. The molecule has 0 radical (unpaired) electrons. The van der Waals surface area contributed by atoms with E-state index in [2.05, 4.69) is 36.5 Å². The van der Waals surface area contributed by atoms with Crippen LogP contribution in [0.15, 0.2) is 46.0 Å². The molecule has 0 amide bonds. The first-order chi connectivity index (χ1) is 16.6. The summed E-state index contributed by atoms with van der Waals surface area (Å²) in [4.78, 5) is 11.9. The van der Waals surface area contributed by atoms with Gasteiger partial charge in [0.2, 0.25) is 5.95 Å². The Morgan fingerprint density at radius 2 is 2.00 bits per heavy atom. The average molecular weight is 557 g/mol. The van der Waals surface area contributed by atoms with E-state index in [0.29, 0.717) is 28.0 Å². The lowest BCUT2D eigenvalue weighted by atomic mass is 10.1. The van der Waals surface area contributed by atoms with Crippen molar-refractivity contribution in [3.8, 4) is 11.3 Å². The minimum atomic E-state index is -3.33. The molecule has 4 aromatic rings. The topological polar surface area (TPSA) is 122 Å². The van der Waals surface area contributed by atoms with Crippen molar-refractivity contribution in [1.82, 2.24) is 29.9 Å². The molecular weight excluding hydrogens is 532 g/mol. The summed E-state index contributed by atoms with van der Waals surface area (Å²) in [5, 5.41) is 15.0. The predicted molar refractivity (Wildman–Crippen MR) is 138 cm³/mol. The molecule has 3 aromatic heterocycles. The lowest BCUT2D eigenvalue weighted by molar-refractivity contribution is 0.602. The fraction of sp³-hybridized carbons (Fsp3) is 0.304. The number of nitrogens with one attached hydrogen (secondary N) is 2. The lowest BCUT2D eigenvalue weighted by Crippen LogP contribution is -2.16. The second-order valence-electron chi connectivity index (χ2n) is 8.82. The second-order valence-corrected chi connectivity index (χ2v) is 11.7. The molecule has 0 unspecified atom stereocenters. The van der Waals surface area contributed by atoms with Crippen LogP contribution in [0.1, 0.15) is 30.0 Å². The highest BCUT2D eigenvalue weighted by Crippen LogP contribution is 2.48. The van der Waals surface area contributed by atoms with E-state index in [9.17, 15) is 8.42 Å². The monoisotopic (exact) mass is 556 g/mol. The minimum Gasteiger partial charge on any atom is -0.323 e. The predicted octanol–water partition coefficient (Wildman–Crippen LogP) is 4.46. The Morgan fingerprint density at radius 3 is 2.57 bits per heavy atom. The van der Waals surface area contributed by atoms with E-state index < -0.39 is 9.84 Å². The van der Waals surface area contributed by atoms with Gasteiger partial charge in [-0.25, -0.2) is 13.4 Å². The zero-order valence-electron chi connectivity index (χ0n) is 19.7. The van der Waals surface area contributed by atoms with Gasteiger partial charge in [0, 0.05) is 53.9 Å². The van der Waals surface area contributed by atoms with Gasteiger partial charge in [0.1, 0.15) is 5.82 Å². The Morgan fingerprint density at radius 1 is 1.23 bits per heavy atom. The lowest BCUT2D eigenvalue weighted by Gasteiger charge is -2.22. The van der Waals surface area contributed by atoms with Crippen molar-refractivity contribution in [3.05, 3.63) is 52.4 Å². The van der Waals surface area contributed by atoms with Gasteiger partial charge in [0.05, 0.1) is 22.5 Å². The molecule has 1 aromatic carbocycles. The smallest absolute Gasteiger partial charge is 0.232 e. The van der Waals surface area contributed by atoms with Crippen LogP contribution < -0.4 is 10.2 Å². The van der Waals surface area contributed by atoms with Crippen molar-refractivity contribution in [2.24, 2.45) is 7.05 Å². The summed E-state index contributed by atoms with van der Waals surface area (Å²) in [5.41, 5.74) is 4.43. The molecule has 3 heterocycles. The first-order valence-corrected chi connectivity index (χ1v) is 13.7. The summed E-state index contributed by atoms with van der Waals surface area (Å²) in [6.45, 7) is 1.94. The third-order valence-electron chi connectivity index (χ3n) is 5.86. The summed E-state index contributed by atoms with van der Waals surface area (Å²) in [7, 11) is 0.395. The highest BCUT2D eigenvalue weighted by molar-refractivity contribution is 9.10. The molecular formula is C23H25BrN8O2S. The number of H-pyrrole nitrogens is 1. The van der Waals surface area contributed by atoms with E-state index in [1.165, 1.54) is 6.26 Å². The Hall–Kier alpha value is -3.25. The van der Waals surface area contributed by atoms with Crippen molar-refractivity contribution >= 4 is 49.0 Å². The summed E-state index contributed by atoms with van der Waals surface area (Å²) in [6.07, 6.45) is 7.07. The molecule has 0 saturated heterocycles. The Labute approximate surface area is 211 Å². The molecule has 0 atom stereocenters. The van der Waals surface area contributed by atoms with Crippen LogP contribution in [0.4, 0.5) is 23.3 Å². The average Bonchev–Trinajstić information content (AvgIpc) is 3.41. The molecule has 0 bridgehead atoms. The molecule has 5 rings (SSSR count). The van der Waals surface area contributed by atoms with Gasteiger partial charge in [-0.1, -0.05) is 0 Å². The fourth-order valence-electron chi connectivity index (χ4n) is 3.93. The SMILES string of the molecule is Cc1cc(Nc2nc(N(C)c3ccc(S(C)(=O)=O)cc3Br)nc(-c3cnn(C)c3)c2C2CC2)n[nH]1. The summed E-state index contributed by atoms with van der Waals surface area (Å²) < 4.78 is 26.3. The van der Waals surface area contributed by atoms with E-state index >= 15 is 0 Å². The Balaban J connectivity index is 1.65. The zero-order chi connectivity index (χ0) is 24.9. The number of rotatable bonds is 7. The standard InChI is InChI=1S/C23H25BrN8O2S/c1-13-9-19(30-29-13)26-22-20(14-5-6-14)21(15-11-25-31(2)12-15)27-23(28-22)32(3)18-8-7-16(10-17(18)24)35(4,33)34/h7-12,14H,5-6H2,1-4H3,(H2,26,27,28,29,30). The van der Waals surface area contributed by atoms with E-state index in [1.54, 1.807) is 29.1 Å². The van der Waals surface area contributed by atoms with Gasteiger partial charge in [-0.15, -0.1) is 0 Å². The molecule has 1 aliphatic carbocycles. The van der Waals surface area contributed by atoms with Crippen LogP contribution in [0.25, 0.3) is 11.3 Å². The van der Waals surface area contributed by atoms with Gasteiger partial charge in [-0.3, -0.25) is 9.78 Å². The van der Waals surface area contributed by atoms with Crippen LogP contribution in [0.5, 0.6) is 0 Å². The van der Waals surface area contributed by atoms with E-state index in [4.69, 9.17) is 9.97 Å². The van der Waals surface area contributed by atoms with Crippen LogP contribution in [0.3, 0.4) is 0 Å². The number of benzene rings is 1. The molecule has 1 aliphatic rings. The van der Waals surface area contributed by atoms with Crippen molar-refractivity contribution < 1.29 is 8.42 Å². The third kappa shape index (κ3) is 4.80. The first-order valence-electron chi connectivity index (χ1n) is 11.0. The molecule has 1 fully saturated rings. The number of anilines is 4. The fourth-order valence-corrected chi connectivity index (χ4v) is 5.37. The van der Waals surface area contributed by atoms with E-state index in [1.807, 2.05) is 38.2 Å². The summed E-state index contributed by atoms with van der Waals surface area (Å²) in [5.74, 6) is 2.18. The van der Waals surface area contributed by atoms with Gasteiger partial charge < -0.3 is 10.2 Å². The maximum Gasteiger partial charge on any atom is 0.232 e. The van der Waals surface area contributed by atoms with Crippen LogP contribution >= 0.6 is 15.9 Å². The number of aromatic nitrogens is 6. The molecule has 2 N–H and O–H groups in total. The summed E-state index contributed by atoms with van der Waals surface area (Å²) >= 11 is 3.52. The maximum atomic E-state index is 12.0. The van der Waals surface area contributed by atoms with Gasteiger partial charge >= 0.3 is 0 Å². The normalized spacial score (nSPS) is 13.7. The third-order valence-corrected chi connectivity index (χ3v) is 7.60. The molecule has 0 spiro atoms. The van der Waals surface area contributed by atoms with E-state index in [0.717, 1.165) is 41.0 Å². The van der Waals surface area contributed by atoms with Crippen LogP contribution in [0.2, 0.25) is 0 Å². The number of hydrogen-bond acceptors (Lipinski definition) is 8. The molecule has 0 aliphatic heterocycles. The molecule has 10 nitrogen and oxygen atoms in total. The Bertz CT molecular complexity index is 1520. The zero-order valence-corrected chi connectivity index (χ0v) is 22.1. The Kier molecular flexibility index (Phi) is 5.88. The van der Waals surface area contributed by atoms with Crippen LogP contribution in [-0.2, 0) is 16.9 Å². The van der Waals surface area contributed by atoms with Gasteiger partial charge in [0.15, 0.2) is 15.7 Å². The molecule has 12 heteroatoms. The second kappa shape index (κ2) is 8.76. The highest BCUT2D eigenvalue weighted by Gasteiger charge is 2.33. The number of halogens is 1. The van der Waals surface area contributed by atoms with Crippen LogP contribution in [0, 0.1) is 6.92 Å². The number of hydrogen-bond donors (Lipinski definition) is 2. The number of sulfone groups is 1.